The molecule has 0 aromatic carbocycles. The predicted octanol–water partition coefficient (Wildman–Crippen LogP) is 1.77. The second kappa shape index (κ2) is 3.80. The molecule has 0 radical (unpaired) electrons. The van der Waals surface area contributed by atoms with Crippen molar-refractivity contribution in [3.63, 3.8) is 0 Å². The van der Waals surface area contributed by atoms with Crippen LogP contribution in [0.25, 0.3) is 5.65 Å². The van der Waals surface area contributed by atoms with Crippen LogP contribution >= 0.6 is 0 Å². The highest BCUT2D eigenvalue weighted by Crippen LogP contribution is 2.36. The monoisotopic (exact) mass is 262 g/mol. The van der Waals surface area contributed by atoms with Crippen LogP contribution in [0.15, 0.2) is 24.5 Å². The lowest BCUT2D eigenvalue weighted by molar-refractivity contribution is 0.00578. The van der Waals surface area contributed by atoms with Gasteiger partial charge in [-0.15, -0.1) is 0 Å². The lowest BCUT2D eigenvalue weighted by atomic mass is 9.80. The van der Waals surface area contributed by atoms with Gasteiger partial charge in [0.25, 0.3) is 0 Å². The van der Waals surface area contributed by atoms with Gasteiger partial charge in [0, 0.05) is 6.20 Å². The van der Waals surface area contributed by atoms with E-state index in [-0.39, 0.29) is 0 Å². The Balaban J connectivity index is 2.00. The van der Waals surface area contributed by atoms with E-state index < -0.39 is 24.3 Å². The molecule has 100 valence electrons. The summed E-state index contributed by atoms with van der Waals surface area (Å²) in [5.41, 5.74) is 0.543. The Labute approximate surface area is 111 Å². The van der Waals surface area contributed by atoms with Crippen molar-refractivity contribution in [2.24, 2.45) is 0 Å². The van der Waals surface area contributed by atoms with E-state index in [1.807, 2.05) is 33.8 Å². The summed E-state index contributed by atoms with van der Waals surface area (Å²) in [6.45, 7) is 7.96. The number of pyridine rings is 1. The summed E-state index contributed by atoms with van der Waals surface area (Å²) in [5.74, 6) is -0.395. The van der Waals surface area contributed by atoms with Gasteiger partial charge in [-0.3, -0.25) is 4.40 Å². The highest BCUT2D eigenvalue weighted by molar-refractivity contribution is 6.62. The zero-order valence-electron chi connectivity index (χ0n) is 11.5. The molecule has 4 nitrogen and oxygen atoms in total. The highest BCUT2D eigenvalue weighted by atomic mass is 19.1. The summed E-state index contributed by atoms with van der Waals surface area (Å²) >= 11 is 0. The maximum atomic E-state index is 13.5. The molecule has 1 aliphatic heterocycles. The molecule has 19 heavy (non-hydrogen) atoms. The van der Waals surface area contributed by atoms with E-state index in [4.69, 9.17) is 9.31 Å². The van der Waals surface area contributed by atoms with E-state index in [2.05, 4.69) is 4.98 Å². The molecular formula is C13H16BFN2O2. The van der Waals surface area contributed by atoms with Crippen LogP contribution in [0.5, 0.6) is 0 Å². The molecule has 0 spiro atoms. The third-order valence-corrected chi connectivity index (χ3v) is 4.01. The Kier molecular flexibility index (Phi) is 2.53. The minimum Gasteiger partial charge on any atom is -0.399 e. The average molecular weight is 262 g/mol. The molecule has 0 atom stereocenters. The first-order valence-corrected chi connectivity index (χ1v) is 6.28. The third kappa shape index (κ3) is 1.86. The van der Waals surface area contributed by atoms with E-state index in [0.717, 1.165) is 5.46 Å². The molecule has 3 heterocycles. The van der Waals surface area contributed by atoms with E-state index in [1.165, 1.54) is 10.6 Å². The largest absolute Gasteiger partial charge is 0.496 e. The highest BCUT2D eigenvalue weighted by Gasteiger charge is 2.51. The summed E-state index contributed by atoms with van der Waals surface area (Å²) in [7, 11) is -0.490. The molecular weight excluding hydrogens is 246 g/mol. The van der Waals surface area contributed by atoms with E-state index >= 15 is 0 Å². The lowest BCUT2D eigenvalue weighted by Crippen LogP contribution is -2.41. The van der Waals surface area contributed by atoms with E-state index in [0.29, 0.717) is 5.65 Å². The number of fused-ring (bicyclic) bond motifs is 1. The Morgan fingerprint density at radius 2 is 1.79 bits per heavy atom. The predicted molar refractivity (Wildman–Crippen MR) is 70.9 cm³/mol. The second-order valence-corrected chi connectivity index (χ2v) is 5.86. The van der Waals surface area contributed by atoms with Crippen LogP contribution in [0.2, 0.25) is 0 Å². The van der Waals surface area contributed by atoms with E-state index in [1.54, 1.807) is 12.3 Å². The summed E-state index contributed by atoms with van der Waals surface area (Å²) in [4.78, 5) is 3.95. The number of imidazole rings is 1. The molecule has 0 saturated carbocycles. The molecule has 0 amide bonds. The SMILES string of the molecule is CC1(C)OB(c2ccc3ncc(F)n3c2)OC1(C)C. The van der Waals surface area contributed by atoms with Crippen LogP contribution in [0.4, 0.5) is 4.39 Å². The molecule has 0 bridgehead atoms. The smallest absolute Gasteiger partial charge is 0.399 e. The van der Waals surface area contributed by atoms with Gasteiger partial charge in [-0.1, -0.05) is 6.07 Å². The molecule has 1 fully saturated rings. The fourth-order valence-electron chi connectivity index (χ4n) is 2.09. The minimum atomic E-state index is -0.490. The molecule has 0 unspecified atom stereocenters. The molecule has 2 aromatic rings. The van der Waals surface area contributed by atoms with Crippen molar-refractivity contribution in [1.29, 1.82) is 0 Å². The standard InChI is InChI=1S/C13H16BFN2O2/c1-12(2)13(3,4)19-14(18-12)9-5-6-11-16-7-10(15)17(11)8-9/h5-8H,1-4H3. The van der Waals surface area contributed by atoms with Crippen LogP contribution in [-0.2, 0) is 9.31 Å². The average Bonchev–Trinajstić information content (AvgIpc) is 2.78. The van der Waals surface area contributed by atoms with Crippen molar-refractivity contribution in [2.75, 3.05) is 0 Å². The number of nitrogens with zero attached hydrogens (tertiary/aromatic N) is 2. The zero-order valence-corrected chi connectivity index (χ0v) is 11.5. The number of halogens is 1. The zero-order chi connectivity index (χ0) is 13.8. The fourth-order valence-corrected chi connectivity index (χ4v) is 2.09. The van der Waals surface area contributed by atoms with Crippen molar-refractivity contribution in [1.82, 2.24) is 9.38 Å². The van der Waals surface area contributed by atoms with Gasteiger partial charge in [0.1, 0.15) is 5.65 Å². The maximum absolute atomic E-state index is 13.5. The van der Waals surface area contributed by atoms with Crippen molar-refractivity contribution >= 4 is 18.2 Å². The first-order valence-electron chi connectivity index (χ1n) is 6.28. The van der Waals surface area contributed by atoms with Gasteiger partial charge in [-0.2, -0.15) is 4.39 Å². The van der Waals surface area contributed by atoms with Crippen LogP contribution in [0.3, 0.4) is 0 Å². The Bertz CT molecular complexity index is 623. The molecule has 0 N–H and O–H groups in total. The van der Waals surface area contributed by atoms with Gasteiger partial charge in [-0.25, -0.2) is 4.98 Å². The van der Waals surface area contributed by atoms with Gasteiger partial charge in [0.2, 0.25) is 5.95 Å². The van der Waals surface area contributed by atoms with Crippen molar-refractivity contribution in [3.8, 4) is 0 Å². The first kappa shape index (κ1) is 12.6. The fraction of sp³-hybridized carbons (Fsp3) is 0.462. The van der Waals surface area contributed by atoms with Crippen LogP contribution in [-0.4, -0.2) is 27.7 Å². The second-order valence-electron chi connectivity index (χ2n) is 5.86. The molecule has 0 aliphatic carbocycles. The molecule has 1 aliphatic rings. The number of rotatable bonds is 1. The van der Waals surface area contributed by atoms with Gasteiger partial charge >= 0.3 is 7.12 Å². The molecule has 2 aromatic heterocycles. The lowest BCUT2D eigenvalue weighted by Gasteiger charge is -2.32. The summed E-state index contributed by atoms with van der Waals surface area (Å²) in [6.07, 6.45) is 2.86. The number of aromatic nitrogens is 2. The first-order chi connectivity index (χ1) is 8.80. The van der Waals surface area contributed by atoms with Crippen LogP contribution in [0, 0.1) is 5.95 Å². The molecule has 3 rings (SSSR count). The summed E-state index contributed by atoms with van der Waals surface area (Å²) in [5, 5.41) is 0. The topological polar surface area (TPSA) is 35.8 Å². The normalized spacial score (nSPS) is 21.2. The van der Waals surface area contributed by atoms with Crippen LogP contribution < -0.4 is 5.46 Å². The van der Waals surface area contributed by atoms with Crippen molar-refractivity contribution in [2.45, 2.75) is 38.9 Å². The minimum absolute atomic E-state index is 0.395. The number of hydrogen-bond donors (Lipinski definition) is 0. The van der Waals surface area contributed by atoms with Gasteiger partial charge in [-0.05, 0) is 39.2 Å². The Morgan fingerprint density at radius 3 is 2.42 bits per heavy atom. The Hall–Kier alpha value is -1.40. The van der Waals surface area contributed by atoms with Crippen molar-refractivity contribution < 1.29 is 13.7 Å². The Morgan fingerprint density at radius 1 is 1.16 bits per heavy atom. The third-order valence-electron chi connectivity index (χ3n) is 4.01. The van der Waals surface area contributed by atoms with Crippen molar-refractivity contribution in [3.05, 3.63) is 30.5 Å². The number of hydrogen-bond acceptors (Lipinski definition) is 3. The summed E-state index contributed by atoms with van der Waals surface area (Å²) in [6, 6.07) is 3.60. The maximum Gasteiger partial charge on any atom is 0.496 e. The quantitative estimate of drug-likeness (QED) is 0.735. The van der Waals surface area contributed by atoms with Gasteiger partial charge in [0.05, 0.1) is 17.4 Å². The van der Waals surface area contributed by atoms with Crippen LogP contribution in [0.1, 0.15) is 27.7 Å². The van der Waals surface area contributed by atoms with Gasteiger partial charge in [0.15, 0.2) is 0 Å². The van der Waals surface area contributed by atoms with Gasteiger partial charge < -0.3 is 9.31 Å². The van der Waals surface area contributed by atoms with E-state index in [9.17, 15) is 4.39 Å². The summed E-state index contributed by atoms with van der Waals surface area (Å²) < 4.78 is 26.8. The molecule has 1 saturated heterocycles. The molecule has 6 heteroatoms.